The van der Waals surface area contributed by atoms with Gasteiger partial charge < -0.3 is 15.0 Å². The summed E-state index contributed by atoms with van der Waals surface area (Å²) in [6.45, 7) is 3.45. The Labute approximate surface area is 114 Å². The maximum absolute atomic E-state index is 12.3. The van der Waals surface area contributed by atoms with Crippen LogP contribution in [0.5, 0.6) is 5.75 Å². The molecule has 0 saturated carbocycles. The van der Waals surface area contributed by atoms with Crippen molar-refractivity contribution in [1.82, 2.24) is 10.2 Å². The predicted molar refractivity (Wildman–Crippen MR) is 66.5 cm³/mol. The van der Waals surface area contributed by atoms with Crippen LogP contribution in [0.1, 0.15) is 17.3 Å². The number of benzene rings is 1. The number of para-hydroxylation sites is 1. The van der Waals surface area contributed by atoms with Crippen LogP contribution in [0.15, 0.2) is 24.3 Å². The molecule has 0 radical (unpaired) electrons. The summed E-state index contributed by atoms with van der Waals surface area (Å²) < 4.78 is 40.9. The average molecular weight is 288 g/mol. The first-order valence-electron chi connectivity index (χ1n) is 6.24. The number of piperazine rings is 1. The van der Waals surface area contributed by atoms with E-state index >= 15 is 0 Å². The van der Waals surface area contributed by atoms with Crippen molar-refractivity contribution in [2.24, 2.45) is 0 Å². The van der Waals surface area contributed by atoms with E-state index in [1.807, 2.05) is 6.92 Å². The highest BCUT2D eigenvalue weighted by molar-refractivity contribution is 5.97. The van der Waals surface area contributed by atoms with Gasteiger partial charge in [-0.25, -0.2) is 0 Å². The first-order chi connectivity index (χ1) is 9.37. The van der Waals surface area contributed by atoms with E-state index in [1.54, 1.807) is 0 Å². The number of hydrogen-bond donors (Lipinski definition) is 1. The zero-order chi connectivity index (χ0) is 14.8. The number of nitrogens with one attached hydrogen (secondary N) is 1. The van der Waals surface area contributed by atoms with E-state index in [2.05, 4.69) is 10.1 Å². The molecule has 0 spiro atoms. The number of amides is 1. The molecule has 0 aromatic heterocycles. The summed E-state index contributed by atoms with van der Waals surface area (Å²) in [6, 6.07) is 5.52. The van der Waals surface area contributed by atoms with Crippen molar-refractivity contribution in [3.05, 3.63) is 29.8 Å². The summed E-state index contributed by atoms with van der Waals surface area (Å²) in [5, 5.41) is 3.17. The molecule has 7 heteroatoms. The molecule has 1 aromatic carbocycles. The van der Waals surface area contributed by atoms with Crippen LogP contribution in [0.2, 0.25) is 0 Å². The number of halogens is 3. The van der Waals surface area contributed by atoms with Gasteiger partial charge in [-0.15, -0.1) is 13.2 Å². The fraction of sp³-hybridized carbons (Fsp3) is 0.462. The molecule has 1 atom stereocenters. The summed E-state index contributed by atoms with van der Waals surface area (Å²) in [7, 11) is 0. The smallest absolute Gasteiger partial charge is 0.405 e. The van der Waals surface area contributed by atoms with Crippen molar-refractivity contribution in [1.29, 1.82) is 0 Å². The topological polar surface area (TPSA) is 41.6 Å². The quantitative estimate of drug-likeness (QED) is 0.905. The van der Waals surface area contributed by atoms with Crippen LogP contribution in [-0.2, 0) is 0 Å². The minimum atomic E-state index is -4.81. The lowest BCUT2D eigenvalue weighted by molar-refractivity contribution is -0.274. The zero-order valence-corrected chi connectivity index (χ0v) is 10.9. The molecule has 2 rings (SSSR count). The maximum atomic E-state index is 12.3. The van der Waals surface area contributed by atoms with E-state index in [4.69, 9.17) is 0 Å². The fourth-order valence-electron chi connectivity index (χ4n) is 2.14. The third-order valence-corrected chi connectivity index (χ3v) is 3.00. The Balaban J connectivity index is 2.21. The van der Waals surface area contributed by atoms with Gasteiger partial charge >= 0.3 is 6.36 Å². The summed E-state index contributed by atoms with van der Waals surface area (Å²) in [6.07, 6.45) is -4.81. The van der Waals surface area contributed by atoms with E-state index in [0.717, 1.165) is 6.07 Å². The molecule has 1 fully saturated rings. The van der Waals surface area contributed by atoms with Gasteiger partial charge in [-0.2, -0.15) is 0 Å². The van der Waals surface area contributed by atoms with Gasteiger partial charge in [0, 0.05) is 25.7 Å². The van der Waals surface area contributed by atoms with Gasteiger partial charge in [0.05, 0.1) is 5.56 Å². The van der Waals surface area contributed by atoms with E-state index in [1.165, 1.54) is 23.1 Å². The van der Waals surface area contributed by atoms with Gasteiger partial charge in [-0.05, 0) is 19.1 Å². The molecule has 4 nitrogen and oxygen atoms in total. The normalized spacial score (nSPS) is 19.8. The average Bonchev–Trinajstić information content (AvgIpc) is 2.37. The van der Waals surface area contributed by atoms with Gasteiger partial charge in [-0.3, -0.25) is 4.79 Å². The molecular formula is C13H15F3N2O2. The first-order valence-corrected chi connectivity index (χ1v) is 6.24. The molecule has 0 aliphatic carbocycles. The third kappa shape index (κ3) is 3.63. The Morgan fingerprint density at radius 1 is 1.40 bits per heavy atom. The van der Waals surface area contributed by atoms with E-state index in [0.29, 0.717) is 19.6 Å². The molecule has 1 aromatic rings. The Morgan fingerprint density at radius 2 is 2.10 bits per heavy atom. The lowest BCUT2D eigenvalue weighted by atomic mass is 10.1. The minimum absolute atomic E-state index is 0.0704. The Morgan fingerprint density at radius 3 is 2.75 bits per heavy atom. The van der Waals surface area contributed by atoms with Gasteiger partial charge in [0.2, 0.25) is 0 Å². The first kappa shape index (κ1) is 14.6. The highest BCUT2D eigenvalue weighted by Crippen LogP contribution is 2.27. The molecule has 110 valence electrons. The Bertz CT molecular complexity index is 491. The minimum Gasteiger partial charge on any atom is -0.405 e. The number of ether oxygens (including phenoxy) is 1. The molecule has 1 amide bonds. The second-order valence-corrected chi connectivity index (χ2v) is 4.65. The Kier molecular flexibility index (Phi) is 4.17. The van der Waals surface area contributed by atoms with Gasteiger partial charge in [-0.1, -0.05) is 12.1 Å². The van der Waals surface area contributed by atoms with Crippen LogP contribution in [0.25, 0.3) is 0 Å². The molecule has 1 N–H and O–H groups in total. The summed E-state index contributed by atoms with van der Waals surface area (Å²) in [4.78, 5) is 13.8. The molecule has 1 saturated heterocycles. The second-order valence-electron chi connectivity index (χ2n) is 4.65. The second kappa shape index (κ2) is 5.70. The SMILES string of the molecule is CC1CN(C(=O)c2ccccc2OC(F)(F)F)CCN1. The van der Waals surface area contributed by atoms with Crippen LogP contribution in [0.3, 0.4) is 0 Å². The number of carbonyl (C=O) groups excluding carboxylic acids is 1. The third-order valence-electron chi connectivity index (χ3n) is 3.00. The predicted octanol–water partition coefficient (Wildman–Crippen LogP) is 2.02. The largest absolute Gasteiger partial charge is 0.573 e. The van der Waals surface area contributed by atoms with E-state index in [9.17, 15) is 18.0 Å². The highest BCUT2D eigenvalue weighted by atomic mass is 19.4. The number of carbonyl (C=O) groups is 1. The van der Waals surface area contributed by atoms with Crippen LogP contribution >= 0.6 is 0 Å². The molecule has 1 aliphatic heterocycles. The van der Waals surface area contributed by atoms with Crippen molar-refractivity contribution in [2.45, 2.75) is 19.3 Å². The van der Waals surface area contributed by atoms with Gasteiger partial charge in [0.1, 0.15) is 5.75 Å². The lowest BCUT2D eigenvalue weighted by Gasteiger charge is -2.32. The maximum Gasteiger partial charge on any atom is 0.573 e. The number of rotatable bonds is 2. The number of hydrogen-bond acceptors (Lipinski definition) is 3. The zero-order valence-electron chi connectivity index (χ0n) is 10.9. The van der Waals surface area contributed by atoms with Crippen LogP contribution in [0.4, 0.5) is 13.2 Å². The molecule has 0 bridgehead atoms. The molecule has 1 unspecified atom stereocenters. The van der Waals surface area contributed by atoms with E-state index < -0.39 is 18.0 Å². The van der Waals surface area contributed by atoms with Gasteiger partial charge in [0.15, 0.2) is 0 Å². The van der Waals surface area contributed by atoms with Crippen molar-refractivity contribution in [3.63, 3.8) is 0 Å². The molecule has 1 heterocycles. The van der Waals surface area contributed by atoms with Crippen LogP contribution < -0.4 is 10.1 Å². The van der Waals surface area contributed by atoms with Crippen molar-refractivity contribution in [3.8, 4) is 5.75 Å². The van der Waals surface area contributed by atoms with Crippen LogP contribution in [0, 0.1) is 0 Å². The Hall–Kier alpha value is -1.76. The van der Waals surface area contributed by atoms with Gasteiger partial charge in [0.25, 0.3) is 5.91 Å². The lowest BCUT2D eigenvalue weighted by Crippen LogP contribution is -2.51. The summed E-state index contributed by atoms with van der Waals surface area (Å²) in [5.41, 5.74) is -0.0704. The fourth-order valence-corrected chi connectivity index (χ4v) is 2.14. The van der Waals surface area contributed by atoms with E-state index in [-0.39, 0.29) is 11.6 Å². The number of nitrogens with zero attached hydrogens (tertiary/aromatic N) is 1. The van der Waals surface area contributed by atoms with Crippen LogP contribution in [-0.4, -0.2) is 42.8 Å². The number of alkyl halides is 3. The standard InChI is InChI=1S/C13H15F3N2O2/c1-9-8-18(7-6-17-9)12(19)10-4-2-3-5-11(10)20-13(14,15)16/h2-5,9,17H,6-8H2,1H3. The molecule has 1 aliphatic rings. The van der Waals surface area contributed by atoms with Crippen molar-refractivity contribution in [2.75, 3.05) is 19.6 Å². The highest BCUT2D eigenvalue weighted by Gasteiger charge is 2.33. The monoisotopic (exact) mass is 288 g/mol. The summed E-state index contributed by atoms with van der Waals surface area (Å²) in [5.74, 6) is -0.908. The summed E-state index contributed by atoms with van der Waals surface area (Å²) >= 11 is 0. The molecule has 20 heavy (non-hydrogen) atoms. The molecular weight excluding hydrogens is 273 g/mol. The van der Waals surface area contributed by atoms with Crippen molar-refractivity contribution < 1.29 is 22.7 Å². The van der Waals surface area contributed by atoms with Crippen molar-refractivity contribution >= 4 is 5.91 Å².